The molecule has 0 atom stereocenters. The average Bonchev–Trinajstić information content (AvgIpc) is 3.06. The molecule has 156 valence electrons. The Kier molecular flexibility index (Phi) is 6.67. The van der Waals surface area contributed by atoms with Crippen LogP contribution in [-0.4, -0.2) is 23.1 Å². The van der Waals surface area contributed by atoms with Crippen LogP contribution in [0.4, 0.5) is 10.1 Å². The molecule has 5 nitrogen and oxygen atoms in total. The molecule has 0 saturated heterocycles. The van der Waals surface area contributed by atoms with Gasteiger partial charge >= 0.3 is 5.97 Å². The molecule has 0 unspecified atom stereocenters. The normalized spacial score (nSPS) is 10.8. The third kappa shape index (κ3) is 4.76. The van der Waals surface area contributed by atoms with E-state index in [0.29, 0.717) is 23.4 Å². The highest BCUT2D eigenvalue weighted by Crippen LogP contribution is 2.35. The minimum Gasteiger partial charge on any atom is -0.461 e. The van der Waals surface area contributed by atoms with Crippen molar-refractivity contribution >= 4 is 17.6 Å². The molecule has 2 aromatic carbocycles. The van der Waals surface area contributed by atoms with Gasteiger partial charge in [0.2, 0.25) is 5.91 Å². The van der Waals surface area contributed by atoms with E-state index in [1.165, 1.54) is 12.1 Å². The number of amides is 1. The average molecular weight is 408 g/mol. The number of carbonyl (C=O) groups is 2. The maximum atomic E-state index is 13.9. The Balaban J connectivity index is 2.20. The summed E-state index contributed by atoms with van der Waals surface area (Å²) in [5.41, 5.74) is 2.65. The predicted molar refractivity (Wildman–Crippen MR) is 115 cm³/mol. The molecule has 1 amide bonds. The van der Waals surface area contributed by atoms with Gasteiger partial charge in [-0.2, -0.15) is 0 Å². The molecule has 1 heterocycles. The van der Waals surface area contributed by atoms with Crippen molar-refractivity contribution in [1.82, 2.24) is 4.57 Å². The first-order valence-electron chi connectivity index (χ1n) is 9.91. The van der Waals surface area contributed by atoms with Crippen molar-refractivity contribution in [2.24, 2.45) is 5.92 Å². The summed E-state index contributed by atoms with van der Waals surface area (Å²) in [4.78, 5) is 25.4. The largest absolute Gasteiger partial charge is 0.461 e. The lowest BCUT2D eigenvalue weighted by molar-refractivity contribution is -0.118. The fraction of sp³-hybridized carbons (Fsp3) is 0.250. The molecule has 0 aliphatic carbocycles. The van der Waals surface area contributed by atoms with Crippen LogP contribution in [0.1, 0.15) is 36.8 Å². The predicted octanol–water partition coefficient (Wildman–Crippen LogP) is 5.11. The van der Waals surface area contributed by atoms with Gasteiger partial charge in [0, 0.05) is 24.2 Å². The highest BCUT2D eigenvalue weighted by Gasteiger charge is 2.26. The third-order valence-corrected chi connectivity index (χ3v) is 4.65. The zero-order valence-corrected chi connectivity index (χ0v) is 17.3. The zero-order chi connectivity index (χ0) is 21.7. The van der Waals surface area contributed by atoms with Gasteiger partial charge in [0.05, 0.1) is 12.3 Å². The number of anilines is 1. The van der Waals surface area contributed by atoms with Gasteiger partial charge in [-0.3, -0.25) is 4.79 Å². The van der Waals surface area contributed by atoms with E-state index in [1.807, 2.05) is 30.3 Å². The Morgan fingerprint density at radius 1 is 1.10 bits per heavy atom. The number of nitrogens with one attached hydrogen (secondary N) is 1. The number of rotatable bonds is 7. The topological polar surface area (TPSA) is 60.3 Å². The van der Waals surface area contributed by atoms with Gasteiger partial charge in [0.15, 0.2) is 5.69 Å². The third-order valence-electron chi connectivity index (χ3n) is 4.65. The standard InChI is InChI=1S/C24H25FN2O3/c1-4-30-24(29)22-21(26-23(28)16(2)3)20(18-11-8-12-19(25)13-18)15-27(22)14-17-9-6-5-7-10-17/h5-13,15-16H,4,14H2,1-3H3,(H,26,28). The van der Waals surface area contributed by atoms with Crippen LogP contribution in [-0.2, 0) is 16.1 Å². The maximum absolute atomic E-state index is 13.9. The molecule has 30 heavy (non-hydrogen) atoms. The number of halogens is 1. The number of carbonyl (C=O) groups excluding carboxylic acids is 2. The molecule has 0 aliphatic heterocycles. The van der Waals surface area contributed by atoms with Crippen LogP contribution in [0.2, 0.25) is 0 Å². The van der Waals surface area contributed by atoms with E-state index < -0.39 is 11.8 Å². The molecule has 0 aliphatic rings. The molecule has 1 N–H and O–H groups in total. The molecule has 0 bridgehead atoms. The molecular formula is C24H25FN2O3. The van der Waals surface area contributed by atoms with E-state index in [9.17, 15) is 14.0 Å². The Morgan fingerprint density at radius 2 is 1.83 bits per heavy atom. The summed E-state index contributed by atoms with van der Waals surface area (Å²) in [7, 11) is 0. The summed E-state index contributed by atoms with van der Waals surface area (Å²) < 4.78 is 20.9. The Morgan fingerprint density at radius 3 is 2.47 bits per heavy atom. The molecule has 0 saturated carbocycles. The highest BCUT2D eigenvalue weighted by molar-refractivity contribution is 6.05. The van der Waals surface area contributed by atoms with Crippen LogP contribution >= 0.6 is 0 Å². The molecule has 6 heteroatoms. The van der Waals surface area contributed by atoms with E-state index in [2.05, 4.69) is 5.32 Å². The summed E-state index contributed by atoms with van der Waals surface area (Å²) in [6, 6.07) is 15.7. The quantitative estimate of drug-likeness (QED) is 0.553. The van der Waals surface area contributed by atoms with Crippen molar-refractivity contribution in [3.8, 4) is 11.1 Å². The van der Waals surface area contributed by atoms with Crippen LogP contribution in [0, 0.1) is 11.7 Å². The number of benzene rings is 2. The molecule has 3 aromatic rings. The van der Waals surface area contributed by atoms with E-state index in [-0.39, 0.29) is 24.1 Å². The number of hydrogen-bond acceptors (Lipinski definition) is 3. The molecule has 1 aromatic heterocycles. The molecule has 0 radical (unpaired) electrons. The summed E-state index contributed by atoms with van der Waals surface area (Å²) in [6.07, 6.45) is 1.75. The van der Waals surface area contributed by atoms with E-state index in [4.69, 9.17) is 4.74 Å². The fourth-order valence-electron chi connectivity index (χ4n) is 3.15. The fourth-order valence-corrected chi connectivity index (χ4v) is 3.15. The molecule has 0 fully saturated rings. The highest BCUT2D eigenvalue weighted by atomic mass is 19.1. The zero-order valence-electron chi connectivity index (χ0n) is 17.3. The minimum atomic E-state index is -0.546. The van der Waals surface area contributed by atoms with Crippen molar-refractivity contribution in [3.63, 3.8) is 0 Å². The Labute approximate surface area is 175 Å². The van der Waals surface area contributed by atoms with E-state index in [1.54, 1.807) is 43.7 Å². The second kappa shape index (κ2) is 9.39. The summed E-state index contributed by atoms with van der Waals surface area (Å²) in [6.45, 7) is 5.85. The molecule has 0 spiro atoms. The van der Waals surface area contributed by atoms with Crippen LogP contribution < -0.4 is 5.32 Å². The van der Waals surface area contributed by atoms with Gasteiger partial charge in [-0.05, 0) is 30.2 Å². The number of ether oxygens (including phenoxy) is 1. The van der Waals surface area contributed by atoms with E-state index >= 15 is 0 Å². The summed E-state index contributed by atoms with van der Waals surface area (Å²) in [5.74, 6) is -1.48. The van der Waals surface area contributed by atoms with Crippen molar-refractivity contribution in [2.45, 2.75) is 27.3 Å². The van der Waals surface area contributed by atoms with Crippen LogP contribution in [0.5, 0.6) is 0 Å². The first kappa shape index (κ1) is 21.3. The van der Waals surface area contributed by atoms with Crippen molar-refractivity contribution < 1.29 is 18.7 Å². The van der Waals surface area contributed by atoms with Crippen molar-refractivity contribution in [2.75, 3.05) is 11.9 Å². The number of aromatic nitrogens is 1. The smallest absolute Gasteiger partial charge is 0.357 e. The lowest BCUT2D eigenvalue weighted by atomic mass is 10.1. The first-order chi connectivity index (χ1) is 14.4. The Bertz CT molecular complexity index is 1040. The van der Waals surface area contributed by atoms with Gasteiger partial charge in [-0.25, -0.2) is 9.18 Å². The summed E-state index contributed by atoms with van der Waals surface area (Å²) in [5, 5.41) is 2.86. The van der Waals surface area contributed by atoms with Gasteiger partial charge < -0.3 is 14.6 Å². The minimum absolute atomic E-state index is 0.197. The van der Waals surface area contributed by atoms with Crippen LogP contribution in [0.25, 0.3) is 11.1 Å². The number of hydrogen-bond donors (Lipinski definition) is 1. The molecule has 3 rings (SSSR count). The second-order valence-corrected chi connectivity index (χ2v) is 7.25. The monoisotopic (exact) mass is 408 g/mol. The number of nitrogens with zero attached hydrogens (tertiary/aromatic N) is 1. The maximum Gasteiger partial charge on any atom is 0.357 e. The molecular weight excluding hydrogens is 383 g/mol. The van der Waals surface area contributed by atoms with Crippen LogP contribution in [0.15, 0.2) is 60.8 Å². The van der Waals surface area contributed by atoms with Gasteiger partial charge in [-0.15, -0.1) is 0 Å². The number of esters is 1. The van der Waals surface area contributed by atoms with Crippen LogP contribution in [0.3, 0.4) is 0 Å². The summed E-state index contributed by atoms with van der Waals surface area (Å²) >= 11 is 0. The lowest BCUT2D eigenvalue weighted by Crippen LogP contribution is -2.21. The van der Waals surface area contributed by atoms with Gasteiger partial charge in [0.1, 0.15) is 5.82 Å². The first-order valence-corrected chi connectivity index (χ1v) is 9.91. The van der Waals surface area contributed by atoms with Gasteiger partial charge in [0.25, 0.3) is 0 Å². The Hall–Kier alpha value is -3.41. The second-order valence-electron chi connectivity index (χ2n) is 7.25. The SMILES string of the molecule is CCOC(=O)c1c(NC(=O)C(C)C)c(-c2cccc(F)c2)cn1Cc1ccccc1. The lowest BCUT2D eigenvalue weighted by Gasteiger charge is -2.13. The van der Waals surface area contributed by atoms with Crippen molar-refractivity contribution in [1.29, 1.82) is 0 Å². The van der Waals surface area contributed by atoms with E-state index in [0.717, 1.165) is 5.56 Å². The van der Waals surface area contributed by atoms with Gasteiger partial charge in [-0.1, -0.05) is 56.3 Å². The van der Waals surface area contributed by atoms with Crippen molar-refractivity contribution in [3.05, 3.63) is 77.9 Å².